The van der Waals surface area contributed by atoms with Gasteiger partial charge in [-0.3, -0.25) is 9.89 Å². The van der Waals surface area contributed by atoms with E-state index in [-0.39, 0.29) is 17.6 Å². The van der Waals surface area contributed by atoms with E-state index in [9.17, 15) is 4.79 Å². The maximum absolute atomic E-state index is 12.2. The van der Waals surface area contributed by atoms with Crippen LogP contribution in [0.2, 0.25) is 0 Å². The van der Waals surface area contributed by atoms with E-state index in [1.54, 1.807) is 4.90 Å². The van der Waals surface area contributed by atoms with Gasteiger partial charge in [0.05, 0.1) is 12.3 Å². The molecule has 0 saturated carbocycles. The SMILES string of the molecule is O=C(c1ncn[nH]1)N1CCC(COc2ccc(-c3ccccc3)nn2)C1. The molecule has 8 nitrogen and oxygen atoms in total. The van der Waals surface area contributed by atoms with Crippen LogP contribution in [-0.4, -0.2) is 55.9 Å². The van der Waals surface area contributed by atoms with E-state index in [0.717, 1.165) is 17.7 Å². The fourth-order valence-corrected chi connectivity index (χ4v) is 2.97. The fourth-order valence-electron chi connectivity index (χ4n) is 2.97. The molecule has 1 amide bonds. The van der Waals surface area contributed by atoms with Crippen molar-refractivity contribution in [2.45, 2.75) is 6.42 Å². The molecule has 1 saturated heterocycles. The molecule has 8 heteroatoms. The normalized spacial score (nSPS) is 16.6. The van der Waals surface area contributed by atoms with Crippen LogP contribution in [0, 0.1) is 5.92 Å². The highest BCUT2D eigenvalue weighted by Gasteiger charge is 2.28. The van der Waals surface area contributed by atoms with Crippen molar-refractivity contribution < 1.29 is 9.53 Å². The maximum Gasteiger partial charge on any atom is 0.291 e. The Labute approximate surface area is 150 Å². The molecule has 2 aromatic heterocycles. The highest BCUT2D eigenvalue weighted by atomic mass is 16.5. The van der Waals surface area contributed by atoms with Crippen molar-refractivity contribution in [2.24, 2.45) is 5.92 Å². The van der Waals surface area contributed by atoms with Gasteiger partial charge in [-0.15, -0.1) is 10.2 Å². The lowest BCUT2D eigenvalue weighted by molar-refractivity contribution is 0.0771. The number of nitrogens with one attached hydrogen (secondary N) is 1. The van der Waals surface area contributed by atoms with Crippen LogP contribution in [0.25, 0.3) is 11.3 Å². The molecule has 0 aliphatic carbocycles. The summed E-state index contributed by atoms with van der Waals surface area (Å²) in [5, 5.41) is 14.7. The molecule has 1 fully saturated rings. The summed E-state index contributed by atoms with van der Waals surface area (Å²) in [6.45, 7) is 1.82. The average molecular weight is 350 g/mol. The van der Waals surface area contributed by atoms with Crippen molar-refractivity contribution in [2.75, 3.05) is 19.7 Å². The Hall–Kier alpha value is -3.29. The van der Waals surface area contributed by atoms with Gasteiger partial charge in [-0.05, 0) is 12.5 Å². The van der Waals surface area contributed by atoms with Crippen molar-refractivity contribution in [1.82, 2.24) is 30.3 Å². The first-order valence-electron chi connectivity index (χ1n) is 8.46. The monoisotopic (exact) mass is 350 g/mol. The Kier molecular flexibility index (Phi) is 4.55. The summed E-state index contributed by atoms with van der Waals surface area (Å²) >= 11 is 0. The fraction of sp³-hybridized carbons (Fsp3) is 0.278. The van der Waals surface area contributed by atoms with Crippen molar-refractivity contribution >= 4 is 5.91 Å². The number of carbonyl (C=O) groups is 1. The number of aromatic nitrogens is 5. The van der Waals surface area contributed by atoms with Gasteiger partial charge in [0, 0.05) is 30.6 Å². The molecule has 3 heterocycles. The van der Waals surface area contributed by atoms with E-state index < -0.39 is 0 Å². The third-order valence-corrected chi connectivity index (χ3v) is 4.37. The highest BCUT2D eigenvalue weighted by molar-refractivity contribution is 5.90. The molecule has 26 heavy (non-hydrogen) atoms. The topological polar surface area (TPSA) is 96.9 Å². The number of nitrogens with zero attached hydrogens (tertiary/aromatic N) is 5. The molecule has 0 radical (unpaired) electrons. The van der Waals surface area contributed by atoms with Crippen molar-refractivity contribution in [3.8, 4) is 17.1 Å². The van der Waals surface area contributed by atoms with E-state index in [0.29, 0.717) is 25.6 Å². The van der Waals surface area contributed by atoms with Gasteiger partial charge < -0.3 is 9.64 Å². The number of hydrogen-bond acceptors (Lipinski definition) is 6. The Morgan fingerprint density at radius 2 is 2.08 bits per heavy atom. The van der Waals surface area contributed by atoms with Crippen LogP contribution in [0.15, 0.2) is 48.8 Å². The van der Waals surface area contributed by atoms with Crippen molar-refractivity contribution in [1.29, 1.82) is 0 Å². The minimum atomic E-state index is -0.128. The second kappa shape index (κ2) is 7.30. The minimum absolute atomic E-state index is 0.128. The van der Waals surface area contributed by atoms with Crippen LogP contribution >= 0.6 is 0 Å². The summed E-state index contributed by atoms with van der Waals surface area (Å²) < 4.78 is 5.75. The van der Waals surface area contributed by atoms with Crippen LogP contribution in [0.3, 0.4) is 0 Å². The Bertz CT molecular complexity index is 851. The van der Waals surface area contributed by atoms with Gasteiger partial charge in [-0.2, -0.15) is 5.10 Å². The first-order valence-corrected chi connectivity index (χ1v) is 8.46. The predicted molar refractivity (Wildman–Crippen MR) is 93.4 cm³/mol. The van der Waals surface area contributed by atoms with E-state index in [1.807, 2.05) is 42.5 Å². The molecule has 0 spiro atoms. The van der Waals surface area contributed by atoms with E-state index in [2.05, 4.69) is 25.4 Å². The summed E-state index contributed by atoms with van der Waals surface area (Å²) in [6.07, 6.45) is 2.22. The summed E-state index contributed by atoms with van der Waals surface area (Å²) in [5.41, 5.74) is 1.83. The molecular formula is C18H18N6O2. The molecule has 132 valence electrons. The first kappa shape index (κ1) is 16.2. The Morgan fingerprint density at radius 1 is 1.19 bits per heavy atom. The summed E-state index contributed by atoms with van der Waals surface area (Å²) in [7, 11) is 0. The second-order valence-electron chi connectivity index (χ2n) is 6.17. The minimum Gasteiger partial charge on any atom is -0.476 e. The Morgan fingerprint density at radius 3 is 2.81 bits per heavy atom. The number of rotatable bonds is 5. The van der Waals surface area contributed by atoms with Gasteiger partial charge in [0.1, 0.15) is 6.33 Å². The molecule has 0 bridgehead atoms. The number of likely N-dealkylation sites (tertiary alicyclic amines) is 1. The zero-order valence-corrected chi connectivity index (χ0v) is 14.1. The maximum atomic E-state index is 12.2. The van der Waals surface area contributed by atoms with Crippen LogP contribution in [-0.2, 0) is 0 Å². The van der Waals surface area contributed by atoms with Crippen LogP contribution in [0.5, 0.6) is 5.88 Å². The molecule has 1 atom stereocenters. The van der Waals surface area contributed by atoms with Gasteiger partial charge >= 0.3 is 0 Å². The van der Waals surface area contributed by atoms with Crippen LogP contribution in [0.4, 0.5) is 0 Å². The van der Waals surface area contributed by atoms with Gasteiger partial charge in [0.25, 0.3) is 5.91 Å². The third kappa shape index (κ3) is 3.53. The van der Waals surface area contributed by atoms with Crippen LogP contribution in [0.1, 0.15) is 17.0 Å². The molecule has 1 unspecified atom stereocenters. The molecule has 4 rings (SSSR count). The number of H-pyrrole nitrogens is 1. The lowest BCUT2D eigenvalue weighted by Gasteiger charge is -2.15. The zero-order chi connectivity index (χ0) is 17.8. The van der Waals surface area contributed by atoms with Crippen LogP contribution < -0.4 is 4.74 Å². The van der Waals surface area contributed by atoms with E-state index in [4.69, 9.17) is 4.74 Å². The first-order chi connectivity index (χ1) is 12.8. The van der Waals surface area contributed by atoms with Gasteiger partial charge in [0.2, 0.25) is 11.7 Å². The third-order valence-electron chi connectivity index (χ3n) is 4.37. The number of ether oxygens (including phenoxy) is 1. The number of benzene rings is 1. The zero-order valence-electron chi connectivity index (χ0n) is 14.1. The van der Waals surface area contributed by atoms with Gasteiger partial charge in [0.15, 0.2) is 0 Å². The largest absolute Gasteiger partial charge is 0.476 e. The van der Waals surface area contributed by atoms with Gasteiger partial charge in [-0.25, -0.2) is 4.98 Å². The van der Waals surface area contributed by atoms with E-state index in [1.165, 1.54) is 6.33 Å². The molecule has 1 aliphatic rings. The quantitative estimate of drug-likeness (QED) is 0.754. The Balaban J connectivity index is 1.30. The molecular weight excluding hydrogens is 332 g/mol. The summed E-state index contributed by atoms with van der Waals surface area (Å²) in [4.78, 5) is 17.9. The summed E-state index contributed by atoms with van der Waals surface area (Å²) in [6, 6.07) is 13.6. The summed E-state index contributed by atoms with van der Waals surface area (Å²) in [5.74, 6) is 0.896. The molecule has 1 N–H and O–H groups in total. The smallest absolute Gasteiger partial charge is 0.291 e. The number of aromatic amines is 1. The molecule has 1 aliphatic heterocycles. The predicted octanol–water partition coefficient (Wildman–Crippen LogP) is 1.80. The van der Waals surface area contributed by atoms with Crippen molar-refractivity contribution in [3.05, 3.63) is 54.6 Å². The van der Waals surface area contributed by atoms with E-state index >= 15 is 0 Å². The second-order valence-corrected chi connectivity index (χ2v) is 6.17. The standard InChI is InChI=1S/C18H18N6O2/c25-18(17-19-12-20-23-17)24-9-8-13(10-24)11-26-16-7-6-15(21-22-16)14-4-2-1-3-5-14/h1-7,12-13H,8-11H2,(H,19,20,23). The molecule has 1 aromatic carbocycles. The average Bonchev–Trinajstić information content (AvgIpc) is 3.39. The number of carbonyl (C=O) groups excluding carboxylic acids is 1. The van der Waals surface area contributed by atoms with Crippen molar-refractivity contribution in [3.63, 3.8) is 0 Å². The van der Waals surface area contributed by atoms with Gasteiger partial charge in [-0.1, -0.05) is 30.3 Å². The lowest BCUT2D eigenvalue weighted by atomic mass is 10.1. The number of amides is 1. The number of hydrogen-bond donors (Lipinski definition) is 1. The lowest BCUT2D eigenvalue weighted by Crippen LogP contribution is -2.30. The molecule has 3 aromatic rings. The highest BCUT2D eigenvalue weighted by Crippen LogP contribution is 2.20.